The Kier molecular flexibility index (Phi) is 25.1. The highest BCUT2D eigenvalue weighted by molar-refractivity contribution is 6.00. The maximum atomic E-state index is 14.5. The van der Waals surface area contributed by atoms with Gasteiger partial charge in [-0.05, 0) is 100 Å². The lowest BCUT2D eigenvalue weighted by molar-refractivity contribution is -0.136. The summed E-state index contributed by atoms with van der Waals surface area (Å²) in [4.78, 5) is 140. The predicted octanol–water partition coefficient (Wildman–Crippen LogP) is -0.629. The number of hydrogen-bond acceptors (Lipinski definition) is 14. The third kappa shape index (κ3) is 19.2. The summed E-state index contributed by atoms with van der Waals surface area (Å²) in [5, 5.41) is 18.9. The van der Waals surface area contributed by atoms with Crippen LogP contribution in [0.1, 0.15) is 95.0 Å². The molecule has 1 aliphatic rings. The Morgan fingerprint density at radius 1 is 0.605 bits per heavy atom. The molecular weight excluding hydrogens is 977 g/mol. The van der Waals surface area contributed by atoms with Crippen LogP contribution in [-0.4, -0.2) is 126 Å². The van der Waals surface area contributed by atoms with E-state index in [9.17, 15) is 47.9 Å². The molecule has 0 bridgehead atoms. The first kappa shape index (κ1) is 61.4. The van der Waals surface area contributed by atoms with Gasteiger partial charge in [-0.3, -0.25) is 52.5 Å². The Morgan fingerprint density at radius 3 is 1.63 bits per heavy atom. The van der Waals surface area contributed by atoms with Crippen molar-refractivity contribution in [3.63, 3.8) is 0 Å². The third-order valence-corrected chi connectivity index (χ3v) is 12.9. The number of amides is 7. The van der Waals surface area contributed by atoms with E-state index >= 15 is 0 Å². The zero-order valence-electron chi connectivity index (χ0n) is 44.0. The standard InChI is InChI=1S/C54H78N12O10/c1-32(2)25-42-51(73)59-23-18-35(28-46(68)44(31-58)65-49(71)36-19-24-66(47(69)30-36)38-13-9-6-10-14-38)48(70)60-39(15-20-55)45(67)29-37(27-34-11-7-5-8-12-34)50(72)63-43(26-33(3)4)54(76)62-40(16-21-56)52(74)61-41(17-22-57)53(75)64-42/h5-14,19,24,30,32-33,35,37,39-44H,15-18,20-23,25-29,31,55-58H2,1-4H3,(H,59,73)(H,60,70)(H,61,74)(H,62,76)(H,63,72)(H,64,75)(H,65,71)/t35-,37+,39+,40+,41+,42+,43+,44-/m1/s1. The average Bonchev–Trinajstić information content (AvgIpc) is 3.38. The molecule has 0 radical (unpaired) electrons. The molecule has 1 aliphatic heterocycles. The number of nitrogens with one attached hydrogen (secondary N) is 7. The van der Waals surface area contributed by atoms with Gasteiger partial charge in [0.25, 0.3) is 11.5 Å². The van der Waals surface area contributed by atoms with Gasteiger partial charge in [0.1, 0.15) is 30.2 Å². The number of aromatic nitrogens is 1. The number of ketones is 2. The van der Waals surface area contributed by atoms with Crippen molar-refractivity contribution in [2.24, 2.45) is 46.6 Å². The molecule has 76 heavy (non-hydrogen) atoms. The van der Waals surface area contributed by atoms with Crippen molar-refractivity contribution in [2.75, 3.05) is 32.7 Å². The van der Waals surface area contributed by atoms with Crippen molar-refractivity contribution in [1.29, 1.82) is 0 Å². The molecule has 0 saturated carbocycles. The van der Waals surface area contributed by atoms with Crippen molar-refractivity contribution in [3.05, 3.63) is 100 Å². The lowest BCUT2D eigenvalue weighted by Gasteiger charge is -2.28. The number of Topliss-reactive ketones (excluding diaryl/α,β-unsaturated/α-hetero) is 2. The monoisotopic (exact) mass is 1050 g/mol. The maximum absolute atomic E-state index is 14.5. The molecule has 0 unspecified atom stereocenters. The van der Waals surface area contributed by atoms with Crippen molar-refractivity contribution in [2.45, 2.75) is 122 Å². The van der Waals surface area contributed by atoms with Crippen LogP contribution in [0.2, 0.25) is 0 Å². The van der Waals surface area contributed by atoms with Gasteiger partial charge in [0.15, 0.2) is 11.6 Å². The summed E-state index contributed by atoms with van der Waals surface area (Å²) in [5.74, 6) is -8.94. The van der Waals surface area contributed by atoms with E-state index in [4.69, 9.17) is 22.9 Å². The average molecular weight is 1060 g/mol. The molecule has 22 heteroatoms. The highest BCUT2D eigenvalue weighted by Crippen LogP contribution is 2.19. The van der Waals surface area contributed by atoms with E-state index in [1.54, 1.807) is 60.7 Å². The summed E-state index contributed by atoms with van der Waals surface area (Å²) in [6.45, 7) is 6.55. The Bertz CT molecular complexity index is 2510. The van der Waals surface area contributed by atoms with Crippen LogP contribution in [-0.2, 0) is 44.8 Å². The molecule has 3 aromatic rings. The summed E-state index contributed by atoms with van der Waals surface area (Å²) in [6, 6.07) is 12.7. The van der Waals surface area contributed by atoms with Gasteiger partial charge in [0.05, 0.1) is 6.04 Å². The molecule has 0 aliphatic carbocycles. The summed E-state index contributed by atoms with van der Waals surface area (Å²) in [7, 11) is 0. The number of nitrogens with zero attached hydrogens (tertiary/aromatic N) is 1. The van der Waals surface area contributed by atoms with Crippen LogP contribution < -0.4 is 65.7 Å². The summed E-state index contributed by atoms with van der Waals surface area (Å²) < 4.78 is 1.34. The van der Waals surface area contributed by atoms with E-state index < -0.39 is 126 Å². The van der Waals surface area contributed by atoms with E-state index in [1.165, 1.54) is 16.8 Å². The highest BCUT2D eigenvalue weighted by Gasteiger charge is 2.36. The molecule has 8 atom stereocenters. The molecule has 414 valence electrons. The zero-order chi connectivity index (χ0) is 55.9. The zero-order valence-corrected chi connectivity index (χ0v) is 44.0. The minimum absolute atomic E-state index is 0.0424. The molecule has 0 spiro atoms. The van der Waals surface area contributed by atoms with Crippen LogP contribution in [0.15, 0.2) is 83.8 Å². The van der Waals surface area contributed by atoms with Crippen LogP contribution in [0.5, 0.6) is 0 Å². The number of benzene rings is 2. The Balaban J connectivity index is 1.74. The molecule has 1 fully saturated rings. The molecule has 22 nitrogen and oxygen atoms in total. The van der Waals surface area contributed by atoms with Crippen molar-refractivity contribution < 1.29 is 43.2 Å². The van der Waals surface area contributed by atoms with Crippen LogP contribution >= 0.6 is 0 Å². The molecule has 1 aromatic heterocycles. The smallest absolute Gasteiger partial charge is 0.255 e. The van der Waals surface area contributed by atoms with Crippen LogP contribution in [0.3, 0.4) is 0 Å². The third-order valence-electron chi connectivity index (χ3n) is 12.9. The lowest BCUT2D eigenvalue weighted by atomic mass is 9.89. The van der Waals surface area contributed by atoms with Gasteiger partial charge in [-0.1, -0.05) is 76.2 Å². The van der Waals surface area contributed by atoms with Crippen molar-refractivity contribution in [3.8, 4) is 5.69 Å². The van der Waals surface area contributed by atoms with Crippen LogP contribution in [0, 0.1) is 23.7 Å². The van der Waals surface area contributed by atoms with E-state index in [0.717, 1.165) is 6.07 Å². The quantitative estimate of drug-likeness (QED) is 0.0713. The fraction of sp³-hybridized carbons (Fsp3) is 0.519. The second kappa shape index (κ2) is 31.0. The summed E-state index contributed by atoms with van der Waals surface area (Å²) >= 11 is 0. The minimum Gasteiger partial charge on any atom is -0.354 e. The minimum atomic E-state index is -1.34. The summed E-state index contributed by atoms with van der Waals surface area (Å²) in [6.07, 6.45) is 0.416. The maximum Gasteiger partial charge on any atom is 0.255 e. The number of carbonyl (C=O) groups is 9. The first-order valence-electron chi connectivity index (χ1n) is 26.1. The predicted molar refractivity (Wildman–Crippen MR) is 286 cm³/mol. The van der Waals surface area contributed by atoms with Gasteiger partial charge in [0, 0.05) is 61.3 Å². The van der Waals surface area contributed by atoms with Gasteiger partial charge >= 0.3 is 0 Å². The molecule has 2 heterocycles. The molecule has 15 N–H and O–H groups in total. The van der Waals surface area contributed by atoms with Gasteiger partial charge < -0.3 is 60.2 Å². The normalized spacial score (nSPS) is 22.3. The second-order valence-corrected chi connectivity index (χ2v) is 20.0. The number of rotatable bonds is 19. The summed E-state index contributed by atoms with van der Waals surface area (Å²) in [5.41, 5.74) is 24.5. The SMILES string of the molecule is CC(C)C[C@@H]1NC(=O)[C@@H](Cc2ccccc2)CC(=O)[C@H](CCN)NC(=O)[C@@H](CC(=O)[C@@H](CN)NC(=O)c2ccn(-c3ccccc3)c(=O)c2)CCNC(=O)[C@H](CC(C)C)NC(=O)[C@H](CCN)NC(=O)[C@H](CCN)NC1=O. The number of para-hydroxylation sites is 1. The van der Waals surface area contributed by atoms with Crippen LogP contribution in [0.25, 0.3) is 5.69 Å². The first-order valence-corrected chi connectivity index (χ1v) is 26.1. The topological polar surface area (TPSA) is 364 Å². The fourth-order valence-electron chi connectivity index (χ4n) is 8.83. The van der Waals surface area contributed by atoms with Gasteiger partial charge in [-0.25, -0.2) is 0 Å². The number of pyridine rings is 1. The van der Waals surface area contributed by atoms with Crippen molar-refractivity contribution in [1.82, 2.24) is 41.8 Å². The number of hydrogen-bond donors (Lipinski definition) is 11. The fourth-order valence-corrected chi connectivity index (χ4v) is 8.83. The Labute approximate surface area is 443 Å². The van der Waals surface area contributed by atoms with Crippen molar-refractivity contribution >= 4 is 52.9 Å². The second-order valence-electron chi connectivity index (χ2n) is 20.0. The molecule has 2 aromatic carbocycles. The molecule has 4 rings (SSSR count). The van der Waals surface area contributed by atoms with Gasteiger partial charge in [-0.2, -0.15) is 0 Å². The van der Waals surface area contributed by atoms with E-state index in [2.05, 4.69) is 37.2 Å². The van der Waals surface area contributed by atoms with E-state index in [0.29, 0.717) is 11.3 Å². The molecular formula is C54H78N12O10. The van der Waals surface area contributed by atoms with E-state index in [1.807, 2.05) is 27.7 Å². The largest absolute Gasteiger partial charge is 0.354 e. The highest BCUT2D eigenvalue weighted by atomic mass is 16.2. The number of carbonyl (C=O) groups excluding carboxylic acids is 9. The van der Waals surface area contributed by atoms with Crippen LogP contribution in [0.4, 0.5) is 0 Å². The van der Waals surface area contributed by atoms with E-state index in [-0.39, 0.29) is 88.5 Å². The van der Waals surface area contributed by atoms with Gasteiger partial charge in [-0.15, -0.1) is 0 Å². The first-order chi connectivity index (χ1) is 36.3. The number of nitrogens with two attached hydrogens (primary N) is 4. The Hall–Kier alpha value is -7.14. The lowest BCUT2D eigenvalue weighted by Crippen LogP contribution is -2.59. The molecule has 1 saturated heterocycles. The Morgan fingerprint density at radius 2 is 1.09 bits per heavy atom. The molecule has 7 amide bonds. The van der Waals surface area contributed by atoms with Gasteiger partial charge in [0.2, 0.25) is 35.4 Å².